The summed E-state index contributed by atoms with van der Waals surface area (Å²) in [6.07, 6.45) is 5.93. The number of likely N-dealkylation sites (tertiary alicyclic amines) is 2. The number of carbonyl (C=O) groups excluding carboxylic acids is 2. The van der Waals surface area contributed by atoms with Gasteiger partial charge >= 0.3 is 12.0 Å². The highest BCUT2D eigenvalue weighted by atomic mass is 19.2. The van der Waals surface area contributed by atoms with E-state index in [0.29, 0.717) is 18.3 Å². The Bertz CT molecular complexity index is 909. The lowest BCUT2D eigenvalue weighted by Gasteiger charge is -2.41. The van der Waals surface area contributed by atoms with Crippen LogP contribution in [0, 0.1) is 11.6 Å². The van der Waals surface area contributed by atoms with Crippen LogP contribution < -0.4 is 10.6 Å². The van der Waals surface area contributed by atoms with E-state index in [1.54, 1.807) is 6.92 Å². The first-order chi connectivity index (χ1) is 16.0. The van der Waals surface area contributed by atoms with Crippen molar-refractivity contribution in [2.24, 2.45) is 0 Å². The minimum atomic E-state index is -1.04. The van der Waals surface area contributed by atoms with Crippen LogP contribution in [0.4, 0.5) is 13.6 Å². The van der Waals surface area contributed by atoms with E-state index >= 15 is 0 Å². The van der Waals surface area contributed by atoms with Crippen LogP contribution in [0.15, 0.2) is 29.5 Å². The third kappa shape index (κ3) is 5.52. The van der Waals surface area contributed by atoms with Crippen molar-refractivity contribution < 1.29 is 23.1 Å². The monoisotopic (exact) mass is 462 g/mol. The van der Waals surface area contributed by atoms with E-state index in [-0.39, 0.29) is 17.7 Å². The number of nitrogens with one attached hydrogen (secondary N) is 2. The molecule has 2 fully saturated rings. The van der Waals surface area contributed by atoms with Crippen molar-refractivity contribution in [1.82, 2.24) is 20.4 Å². The van der Waals surface area contributed by atoms with Gasteiger partial charge in [-0.25, -0.2) is 18.4 Å². The van der Waals surface area contributed by atoms with E-state index in [1.807, 2.05) is 0 Å². The number of hydrogen-bond acceptors (Lipinski definition) is 5. The zero-order valence-corrected chi connectivity index (χ0v) is 19.0. The van der Waals surface area contributed by atoms with E-state index in [4.69, 9.17) is 4.74 Å². The van der Waals surface area contributed by atoms with Crippen molar-refractivity contribution in [3.05, 3.63) is 46.7 Å². The molecule has 1 aromatic rings. The molecule has 0 bridgehead atoms. The normalized spacial score (nSPS) is 23.2. The van der Waals surface area contributed by atoms with E-state index in [0.717, 1.165) is 38.1 Å². The highest BCUT2D eigenvalue weighted by Gasteiger charge is 2.35. The van der Waals surface area contributed by atoms with Crippen LogP contribution in [0.3, 0.4) is 0 Å². The largest absolute Gasteiger partial charge is 0.463 e. The Morgan fingerprint density at radius 3 is 2.48 bits per heavy atom. The van der Waals surface area contributed by atoms with E-state index in [9.17, 15) is 18.4 Å². The molecule has 0 saturated carbocycles. The molecular formula is C24H32F2N4O3. The Hall–Kier alpha value is -2.52. The van der Waals surface area contributed by atoms with Crippen LogP contribution >= 0.6 is 0 Å². The molecule has 180 valence electrons. The summed E-state index contributed by atoms with van der Waals surface area (Å²) in [7, 11) is 0. The Morgan fingerprint density at radius 2 is 1.82 bits per heavy atom. The molecule has 0 aliphatic carbocycles. The highest BCUT2D eigenvalue weighted by Crippen LogP contribution is 2.30. The minimum Gasteiger partial charge on any atom is -0.463 e. The summed E-state index contributed by atoms with van der Waals surface area (Å²) in [5.74, 6) is -2.61. The fourth-order valence-electron chi connectivity index (χ4n) is 5.08. The quantitative estimate of drug-likeness (QED) is 0.636. The van der Waals surface area contributed by atoms with Crippen molar-refractivity contribution >= 4 is 12.0 Å². The van der Waals surface area contributed by atoms with Gasteiger partial charge in [0.05, 0.1) is 18.2 Å². The van der Waals surface area contributed by atoms with Gasteiger partial charge in [0, 0.05) is 31.4 Å². The maximum atomic E-state index is 13.9. The lowest BCUT2D eigenvalue weighted by Crippen LogP contribution is -2.51. The molecule has 0 radical (unpaired) electrons. The number of urea groups is 1. The Labute approximate surface area is 193 Å². The van der Waals surface area contributed by atoms with Gasteiger partial charge < -0.3 is 20.3 Å². The third-order valence-corrected chi connectivity index (χ3v) is 6.77. The molecule has 2 amide bonds. The molecule has 1 aromatic carbocycles. The Kier molecular flexibility index (Phi) is 7.60. The number of esters is 1. The molecule has 0 spiro atoms. The Balaban J connectivity index is 1.54. The van der Waals surface area contributed by atoms with Crippen molar-refractivity contribution in [2.75, 3.05) is 39.3 Å². The van der Waals surface area contributed by atoms with Gasteiger partial charge in [-0.3, -0.25) is 4.90 Å². The first-order valence-electron chi connectivity index (χ1n) is 11.8. The second-order valence-corrected chi connectivity index (χ2v) is 8.92. The van der Waals surface area contributed by atoms with Crippen LogP contribution in [0.25, 0.3) is 0 Å². The van der Waals surface area contributed by atoms with Gasteiger partial charge in [-0.1, -0.05) is 12.5 Å². The number of benzene rings is 1. The van der Waals surface area contributed by atoms with Gasteiger partial charge in [0.15, 0.2) is 11.6 Å². The molecule has 3 heterocycles. The second kappa shape index (κ2) is 10.6. The van der Waals surface area contributed by atoms with Gasteiger partial charge in [0.2, 0.25) is 0 Å². The van der Waals surface area contributed by atoms with Crippen molar-refractivity contribution in [3.8, 4) is 0 Å². The van der Waals surface area contributed by atoms with Crippen LogP contribution in [-0.4, -0.2) is 67.2 Å². The maximum Gasteiger partial charge on any atom is 0.338 e. The zero-order chi connectivity index (χ0) is 23.4. The molecule has 9 heteroatoms. The van der Waals surface area contributed by atoms with Crippen molar-refractivity contribution in [2.45, 2.75) is 51.1 Å². The molecule has 3 aliphatic heterocycles. The minimum absolute atomic E-state index is 0.162. The molecule has 4 rings (SSSR count). The fraction of sp³-hybridized carbons (Fsp3) is 0.583. The lowest BCUT2D eigenvalue weighted by molar-refractivity contribution is -0.139. The van der Waals surface area contributed by atoms with Crippen molar-refractivity contribution in [1.29, 1.82) is 0 Å². The number of rotatable bonds is 6. The summed E-state index contributed by atoms with van der Waals surface area (Å²) >= 11 is 0. The Morgan fingerprint density at radius 1 is 1.09 bits per heavy atom. The van der Waals surface area contributed by atoms with Gasteiger partial charge in [-0.2, -0.15) is 0 Å². The third-order valence-electron chi connectivity index (χ3n) is 6.77. The smallest absolute Gasteiger partial charge is 0.338 e. The number of piperidine rings is 2. The van der Waals surface area contributed by atoms with E-state index in [2.05, 4.69) is 20.4 Å². The molecule has 3 aliphatic rings. The van der Waals surface area contributed by atoms with Crippen LogP contribution in [0.1, 0.15) is 50.6 Å². The van der Waals surface area contributed by atoms with E-state index in [1.165, 1.54) is 38.4 Å². The molecule has 1 atom stereocenters. The highest BCUT2D eigenvalue weighted by molar-refractivity contribution is 5.95. The van der Waals surface area contributed by atoms with Crippen LogP contribution in [0.2, 0.25) is 0 Å². The zero-order valence-electron chi connectivity index (χ0n) is 19.0. The molecule has 0 aromatic heterocycles. The molecule has 33 heavy (non-hydrogen) atoms. The van der Waals surface area contributed by atoms with E-state index < -0.39 is 29.7 Å². The predicted octanol–water partition coefficient (Wildman–Crippen LogP) is 3.09. The molecule has 7 nitrogen and oxygen atoms in total. The summed E-state index contributed by atoms with van der Waals surface area (Å²) in [6.45, 7) is 6.30. The second-order valence-electron chi connectivity index (χ2n) is 8.92. The summed E-state index contributed by atoms with van der Waals surface area (Å²) < 4.78 is 32.7. The van der Waals surface area contributed by atoms with Gasteiger partial charge in [0.1, 0.15) is 0 Å². The van der Waals surface area contributed by atoms with Crippen LogP contribution in [0.5, 0.6) is 0 Å². The summed E-state index contributed by atoms with van der Waals surface area (Å²) in [6, 6.07) is 2.54. The van der Waals surface area contributed by atoms with Gasteiger partial charge in [-0.15, -0.1) is 0 Å². The van der Waals surface area contributed by atoms with Gasteiger partial charge in [0.25, 0.3) is 0 Å². The fourth-order valence-corrected chi connectivity index (χ4v) is 5.08. The number of nitrogens with zero attached hydrogens (tertiary/aromatic N) is 2. The lowest BCUT2D eigenvalue weighted by atomic mass is 9.94. The maximum absolute atomic E-state index is 13.9. The predicted molar refractivity (Wildman–Crippen MR) is 119 cm³/mol. The average molecular weight is 463 g/mol. The average Bonchev–Trinajstić information content (AvgIpc) is 2.81. The SMILES string of the molecule is CCOC(=O)C1=C(CN2CCC(N3CCCCC3)CC2)NC(=O)N[C@@H]1c1ccc(F)c(F)c1. The number of hydrogen-bond donors (Lipinski definition) is 2. The number of carbonyl (C=O) groups is 2. The topological polar surface area (TPSA) is 73.9 Å². The molecule has 0 unspecified atom stereocenters. The first-order valence-corrected chi connectivity index (χ1v) is 11.8. The number of halogens is 2. The molecule has 2 saturated heterocycles. The number of ether oxygens (including phenoxy) is 1. The molecule has 2 N–H and O–H groups in total. The summed E-state index contributed by atoms with van der Waals surface area (Å²) in [5, 5.41) is 5.43. The van der Waals surface area contributed by atoms with Gasteiger partial charge in [-0.05, 0) is 63.4 Å². The molecular weight excluding hydrogens is 430 g/mol. The number of amides is 2. The van der Waals surface area contributed by atoms with Crippen molar-refractivity contribution in [3.63, 3.8) is 0 Å². The summed E-state index contributed by atoms with van der Waals surface area (Å²) in [5.41, 5.74) is 0.956. The summed E-state index contributed by atoms with van der Waals surface area (Å²) in [4.78, 5) is 30.1. The standard InChI is InChI=1S/C24H32F2N4O3/c1-2-33-23(31)21-20(15-29-12-8-17(9-13-29)30-10-4-3-5-11-30)27-24(32)28-22(21)16-6-7-18(25)19(26)14-16/h6-7,14,17,22H,2-5,8-13,15H2,1H3,(H2,27,28,32)/t22-/m1/s1. The van der Waals surface area contributed by atoms with Crippen LogP contribution in [-0.2, 0) is 9.53 Å². The first kappa shape index (κ1) is 23.6.